The fourth-order valence-corrected chi connectivity index (χ4v) is 11.5. The SMILES string of the molecule is c1ccc(-c2ccc3c(c2)c2c(N(c4ccccc4)c4ccc(C5(c6ccccc6)c6ccccc6-c6ccccc65)cc4)cc4ccccc4c2n3-c2ccc3c(c2)oc2ccccc23)cc1. The molecule has 1 aliphatic rings. The van der Waals surface area contributed by atoms with Crippen LogP contribution in [0.15, 0.2) is 259 Å². The molecule has 3 heteroatoms. The van der Waals surface area contributed by atoms with Crippen molar-refractivity contribution in [3.05, 3.63) is 277 Å². The van der Waals surface area contributed by atoms with Gasteiger partial charge in [0.05, 0.1) is 22.1 Å². The second kappa shape index (κ2) is 15.1. The van der Waals surface area contributed by atoms with E-state index in [-0.39, 0.29) is 0 Å². The van der Waals surface area contributed by atoms with Crippen molar-refractivity contribution in [2.75, 3.05) is 4.90 Å². The first-order chi connectivity index (χ1) is 33.7. The molecule has 2 heterocycles. The van der Waals surface area contributed by atoms with Crippen molar-refractivity contribution in [1.29, 1.82) is 0 Å². The van der Waals surface area contributed by atoms with Gasteiger partial charge in [0.2, 0.25) is 0 Å². The average Bonchev–Trinajstić information content (AvgIpc) is 4.06. The standard InChI is InChI=1S/C65H42N2O/c1-4-18-43(19-5-1)44-32-39-59-56(40-44)63-60(41-45-20-10-11-25-51(45)64(63)67(59)50-37-38-55-54-28-14-17-31-61(54)68-62(55)42-50)66(48-23-8-3-9-24-48)49-35-33-47(34-36-49)65(46-21-6-2-7-22-46)57-29-15-12-26-52(57)53-27-13-16-30-58(53)65/h1-42H. The lowest BCUT2D eigenvalue weighted by Gasteiger charge is -2.34. The van der Waals surface area contributed by atoms with Gasteiger partial charge in [0, 0.05) is 50.1 Å². The summed E-state index contributed by atoms with van der Waals surface area (Å²) in [4.78, 5) is 2.46. The van der Waals surface area contributed by atoms with E-state index in [2.05, 4.69) is 258 Å². The molecule has 0 spiro atoms. The molecule has 0 unspecified atom stereocenters. The fraction of sp³-hybridized carbons (Fsp3) is 0.0154. The number of aromatic nitrogens is 1. The van der Waals surface area contributed by atoms with E-state index in [0.717, 1.165) is 61.1 Å². The van der Waals surface area contributed by atoms with Crippen molar-refractivity contribution in [1.82, 2.24) is 4.57 Å². The largest absolute Gasteiger partial charge is 0.456 e. The summed E-state index contributed by atoms with van der Waals surface area (Å²) in [5, 5.41) is 6.92. The molecule has 2 aromatic heterocycles. The molecule has 0 atom stereocenters. The highest BCUT2D eigenvalue weighted by molar-refractivity contribution is 6.25. The minimum absolute atomic E-state index is 0.497. The van der Waals surface area contributed by atoms with Gasteiger partial charge in [-0.15, -0.1) is 0 Å². The zero-order valence-electron chi connectivity index (χ0n) is 37.1. The Bertz CT molecular complexity index is 4030. The molecule has 0 radical (unpaired) electrons. The van der Waals surface area contributed by atoms with Gasteiger partial charge < -0.3 is 13.9 Å². The predicted octanol–water partition coefficient (Wildman–Crippen LogP) is 17.3. The van der Waals surface area contributed by atoms with Crippen molar-refractivity contribution < 1.29 is 4.42 Å². The van der Waals surface area contributed by atoms with Crippen LogP contribution in [0.5, 0.6) is 0 Å². The maximum Gasteiger partial charge on any atom is 0.137 e. The third-order valence-electron chi connectivity index (χ3n) is 14.4. The number of furan rings is 1. The van der Waals surface area contributed by atoms with Crippen molar-refractivity contribution >= 4 is 71.6 Å². The van der Waals surface area contributed by atoms with Gasteiger partial charge in [-0.25, -0.2) is 0 Å². The Kier molecular flexibility index (Phi) is 8.50. The number of rotatable bonds is 7. The summed E-state index contributed by atoms with van der Waals surface area (Å²) in [6.45, 7) is 0. The van der Waals surface area contributed by atoms with Crippen LogP contribution in [0.1, 0.15) is 22.3 Å². The minimum atomic E-state index is -0.497. The summed E-state index contributed by atoms with van der Waals surface area (Å²) in [6, 6.07) is 93.2. The minimum Gasteiger partial charge on any atom is -0.456 e. The van der Waals surface area contributed by atoms with Crippen LogP contribution in [0.3, 0.4) is 0 Å². The summed E-state index contributed by atoms with van der Waals surface area (Å²) in [5.74, 6) is 0. The lowest BCUT2D eigenvalue weighted by Crippen LogP contribution is -2.28. The number of anilines is 3. The van der Waals surface area contributed by atoms with Crippen LogP contribution in [0.25, 0.3) is 82.5 Å². The van der Waals surface area contributed by atoms with E-state index < -0.39 is 5.41 Å². The Hall–Kier alpha value is -8.92. The number of nitrogens with zero attached hydrogens (tertiary/aromatic N) is 2. The highest BCUT2D eigenvalue weighted by Crippen LogP contribution is 2.56. The number of hydrogen-bond donors (Lipinski definition) is 0. The summed E-state index contributed by atoms with van der Waals surface area (Å²) < 4.78 is 9.02. The van der Waals surface area contributed by atoms with E-state index >= 15 is 0 Å². The first-order valence-corrected chi connectivity index (χ1v) is 23.4. The molecular weight excluding hydrogens is 825 g/mol. The van der Waals surface area contributed by atoms with E-state index in [4.69, 9.17) is 4.42 Å². The average molecular weight is 867 g/mol. The number of para-hydroxylation sites is 2. The molecular formula is C65H42N2O. The van der Waals surface area contributed by atoms with Crippen LogP contribution < -0.4 is 4.90 Å². The van der Waals surface area contributed by atoms with Gasteiger partial charge in [-0.1, -0.05) is 188 Å². The molecule has 1 aliphatic carbocycles. The molecule has 0 saturated carbocycles. The topological polar surface area (TPSA) is 21.3 Å². The molecule has 0 bridgehead atoms. The summed E-state index contributed by atoms with van der Waals surface area (Å²) >= 11 is 0. The zero-order chi connectivity index (χ0) is 44.8. The lowest BCUT2D eigenvalue weighted by molar-refractivity contribution is 0.668. The Morgan fingerprint density at radius 2 is 0.971 bits per heavy atom. The molecule has 0 saturated heterocycles. The van der Waals surface area contributed by atoms with Crippen molar-refractivity contribution in [2.24, 2.45) is 0 Å². The Morgan fingerprint density at radius 3 is 1.72 bits per heavy atom. The van der Waals surface area contributed by atoms with Gasteiger partial charge in [0.1, 0.15) is 11.2 Å². The van der Waals surface area contributed by atoms with Crippen LogP contribution in [0, 0.1) is 0 Å². The Labute approximate surface area is 394 Å². The maximum absolute atomic E-state index is 6.56. The van der Waals surface area contributed by atoms with Crippen LogP contribution in [-0.2, 0) is 5.41 Å². The second-order valence-corrected chi connectivity index (χ2v) is 18.0. The van der Waals surface area contributed by atoms with Gasteiger partial charge >= 0.3 is 0 Å². The molecule has 3 nitrogen and oxygen atoms in total. The van der Waals surface area contributed by atoms with E-state index in [1.54, 1.807) is 0 Å². The van der Waals surface area contributed by atoms with Gasteiger partial charge in [0.25, 0.3) is 0 Å². The van der Waals surface area contributed by atoms with Gasteiger partial charge in [-0.2, -0.15) is 0 Å². The van der Waals surface area contributed by atoms with Gasteiger partial charge in [0.15, 0.2) is 0 Å². The monoisotopic (exact) mass is 866 g/mol. The zero-order valence-corrected chi connectivity index (χ0v) is 37.1. The van der Waals surface area contributed by atoms with Crippen LogP contribution in [0.2, 0.25) is 0 Å². The lowest BCUT2D eigenvalue weighted by atomic mass is 9.68. The van der Waals surface area contributed by atoms with Crippen molar-refractivity contribution in [3.63, 3.8) is 0 Å². The number of benzene rings is 11. The number of fused-ring (bicyclic) bond motifs is 11. The third-order valence-corrected chi connectivity index (χ3v) is 14.4. The predicted molar refractivity (Wildman–Crippen MR) is 283 cm³/mol. The Balaban J connectivity index is 1.05. The summed E-state index contributed by atoms with van der Waals surface area (Å²) in [6.07, 6.45) is 0. The highest BCUT2D eigenvalue weighted by Gasteiger charge is 2.45. The van der Waals surface area contributed by atoms with Crippen LogP contribution in [-0.4, -0.2) is 4.57 Å². The second-order valence-electron chi connectivity index (χ2n) is 18.0. The van der Waals surface area contributed by atoms with Gasteiger partial charge in [-0.05, 0) is 111 Å². The van der Waals surface area contributed by atoms with Crippen molar-refractivity contribution in [2.45, 2.75) is 5.41 Å². The molecule has 318 valence electrons. The summed E-state index contributed by atoms with van der Waals surface area (Å²) in [7, 11) is 0. The molecule has 11 aromatic carbocycles. The molecule has 68 heavy (non-hydrogen) atoms. The first kappa shape index (κ1) is 38.4. The normalized spacial score (nSPS) is 12.8. The van der Waals surface area contributed by atoms with E-state index in [0.29, 0.717) is 0 Å². The van der Waals surface area contributed by atoms with Crippen LogP contribution >= 0.6 is 0 Å². The summed E-state index contributed by atoms with van der Waals surface area (Å²) in [5.41, 5.74) is 17.8. The molecule has 0 amide bonds. The third kappa shape index (κ3) is 5.60. The van der Waals surface area contributed by atoms with Crippen molar-refractivity contribution in [3.8, 4) is 27.9 Å². The smallest absolute Gasteiger partial charge is 0.137 e. The fourth-order valence-electron chi connectivity index (χ4n) is 11.5. The van der Waals surface area contributed by atoms with E-state index in [1.807, 2.05) is 6.07 Å². The highest BCUT2D eigenvalue weighted by atomic mass is 16.3. The van der Waals surface area contributed by atoms with Crippen LogP contribution in [0.4, 0.5) is 17.1 Å². The van der Waals surface area contributed by atoms with Gasteiger partial charge in [-0.3, -0.25) is 0 Å². The molecule has 0 aliphatic heterocycles. The van der Waals surface area contributed by atoms with E-state index in [9.17, 15) is 0 Å². The molecule has 0 N–H and O–H groups in total. The van der Waals surface area contributed by atoms with E-state index in [1.165, 1.54) is 60.7 Å². The number of hydrogen-bond acceptors (Lipinski definition) is 2. The first-order valence-electron chi connectivity index (χ1n) is 23.4. The molecule has 13 aromatic rings. The molecule has 0 fully saturated rings. The quantitative estimate of drug-likeness (QED) is 0.159. The molecule has 14 rings (SSSR count). The maximum atomic E-state index is 6.56. The Morgan fingerprint density at radius 1 is 0.382 bits per heavy atom.